The number of ether oxygens (including phenoxy) is 1. The maximum absolute atomic E-state index is 5.25. The lowest BCUT2D eigenvalue weighted by atomic mass is 10.2. The van der Waals surface area contributed by atoms with Gasteiger partial charge in [-0.15, -0.1) is 5.10 Å². The van der Waals surface area contributed by atoms with Gasteiger partial charge in [-0.1, -0.05) is 13.8 Å². The van der Waals surface area contributed by atoms with Crippen molar-refractivity contribution in [3.05, 3.63) is 41.9 Å². The fourth-order valence-corrected chi connectivity index (χ4v) is 3.85. The predicted octanol–water partition coefficient (Wildman–Crippen LogP) is 3.71. The number of fused-ring (bicyclic) bond motifs is 3. The molecule has 0 aliphatic carbocycles. The van der Waals surface area contributed by atoms with Crippen LogP contribution in [0.1, 0.15) is 25.1 Å². The number of aromatic nitrogens is 5. The molecular formula is C22H28N6O. The van der Waals surface area contributed by atoms with Crippen LogP contribution in [0.2, 0.25) is 0 Å². The Morgan fingerprint density at radius 2 is 1.76 bits per heavy atom. The third-order valence-corrected chi connectivity index (χ3v) is 5.83. The molecule has 0 saturated heterocycles. The highest BCUT2D eigenvalue weighted by Crippen LogP contribution is 2.28. The molecule has 1 aromatic carbocycles. The Kier molecular flexibility index (Phi) is 5.24. The van der Waals surface area contributed by atoms with E-state index in [4.69, 9.17) is 14.7 Å². The third-order valence-electron chi connectivity index (χ3n) is 5.83. The first-order valence-electron chi connectivity index (χ1n) is 10.1. The largest absolute Gasteiger partial charge is 0.497 e. The molecule has 0 N–H and O–H groups in total. The Morgan fingerprint density at radius 1 is 1.03 bits per heavy atom. The summed E-state index contributed by atoms with van der Waals surface area (Å²) in [7, 11) is 1.66. The van der Waals surface area contributed by atoms with Gasteiger partial charge >= 0.3 is 0 Å². The number of benzene rings is 1. The van der Waals surface area contributed by atoms with Gasteiger partial charge in [-0.05, 0) is 56.8 Å². The monoisotopic (exact) mass is 392 g/mol. The highest BCUT2D eigenvalue weighted by Gasteiger charge is 2.18. The molecule has 7 heteroatoms. The summed E-state index contributed by atoms with van der Waals surface area (Å²) in [5.41, 5.74) is 5.24. The molecule has 3 heterocycles. The molecule has 29 heavy (non-hydrogen) atoms. The number of methoxy groups -OCH3 is 1. The molecule has 152 valence electrons. The van der Waals surface area contributed by atoms with Crippen LogP contribution in [0, 0.1) is 13.8 Å². The van der Waals surface area contributed by atoms with Crippen molar-refractivity contribution in [1.29, 1.82) is 0 Å². The highest BCUT2D eigenvalue weighted by atomic mass is 16.5. The summed E-state index contributed by atoms with van der Waals surface area (Å²) < 4.78 is 9.34. The molecule has 0 atom stereocenters. The number of rotatable bonds is 7. The highest BCUT2D eigenvalue weighted by molar-refractivity contribution is 5.94. The van der Waals surface area contributed by atoms with Gasteiger partial charge in [-0.25, -0.2) is 14.5 Å². The van der Waals surface area contributed by atoms with Crippen LogP contribution < -0.4 is 4.74 Å². The molecular weight excluding hydrogens is 364 g/mol. The van der Waals surface area contributed by atoms with Crippen LogP contribution in [0.3, 0.4) is 0 Å². The molecule has 0 fully saturated rings. The zero-order chi connectivity index (χ0) is 20.5. The Morgan fingerprint density at radius 3 is 2.41 bits per heavy atom. The number of hydrogen-bond acceptors (Lipinski definition) is 5. The smallest absolute Gasteiger partial charge is 0.182 e. The van der Waals surface area contributed by atoms with Crippen molar-refractivity contribution in [2.45, 2.75) is 34.2 Å². The van der Waals surface area contributed by atoms with E-state index in [1.54, 1.807) is 18.0 Å². The molecule has 0 spiro atoms. The van der Waals surface area contributed by atoms with Gasteiger partial charge in [0.25, 0.3) is 0 Å². The second-order valence-electron chi connectivity index (χ2n) is 7.26. The SMILES string of the molecule is CCN(CC)CCn1c(C)c(C)c2c1ncn1nc(-c3ccc(OC)cc3)nc21. The van der Waals surface area contributed by atoms with Gasteiger partial charge < -0.3 is 14.2 Å². The van der Waals surface area contributed by atoms with Crippen molar-refractivity contribution in [2.24, 2.45) is 0 Å². The van der Waals surface area contributed by atoms with E-state index < -0.39 is 0 Å². The number of likely N-dealkylation sites (N-methyl/N-ethyl adjacent to an activating group) is 1. The molecule has 4 rings (SSSR count). The summed E-state index contributed by atoms with van der Waals surface area (Å²) in [6.45, 7) is 12.8. The van der Waals surface area contributed by atoms with Crippen molar-refractivity contribution in [1.82, 2.24) is 29.0 Å². The maximum Gasteiger partial charge on any atom is 0.182 e. The average molecular weight is 393 g/mol. The van der Waals surface area contributed by atoms with Crippen LogP contribution in [0.4, 0.5) is 0 Å². The predicted molar refractivity (Wildman–Crippen MR) is 116 cm³/mol. The summed E-state index contributed by atoms with van der Waals surface area (Å²) >= 11 is 0. The van der Waals surface area contributed by atoms with Crippen LogP contribution in [0.15, 0.2) is 30.6 Å². The van der Waals surface area contributed by atoms with Gasteiger partial charge in [0.2, 0.25) is 0 Å². The standard InChI is InChI=1S/C22H28N6O/c1-6-26(7-2)12-13-27-16(4)15(3)19-21(27)23-14-28-22(19)24-20(25-28)17-8-10-18(29-5)11-9-17/h8-11,14H,6-7,12-13H2,1-5H3. The Balaban J connectivity index is 1.79. The zero-order valence-electron chi connectivity index (χ0n) is 17.8. The van der Waals surface area contributed by atoms with Gasteiger partial charge in [0, 0.05) is 24.3 Å². The van der Waals surface area contributed by atoms with Crippen LogP contribution in [-0.4, -0.2) is 55.8 Å². The first-order chi connectivity index (χ1) is 14.1. The van der Waals surface area contributed by atoms with E-state index in [-0.39, 0.29) is 0 Å². The summed E-state index contributed by atoms with van der Waals surface area (Å²) in [4.78, 5) is 12.0. The van der Waals surface area contributed by atoms with Gasteiger partial charge in [0.15, 0.2) is 11.5 Å². The molecule has 0 radical (unpaired) electrons. The minimum absolute atomic E-state index is 0.690. The van der Waals surface area contributed by atoms with Gasteiger partial charge in [0.1, 0.15) is 17.7 Å². The summed E-state index contributed by atoms with van der Waals surface area (Å²) in [5.74, 6) is 1.51. The third kappa shape index (κ3) is 3.35. The van der Waals surface area contributed by atoms with E-state index in [2.05, 4.69) is 42.3 Å². The van der Waals surface area contributed by atoms with Crippen molar-refractivity contribution in [2.75, 3.05) is 26.7 Å². The van der Waals surface area contributed by atoms with E-state index in [9.17, 15) is 0 Å². The number of hydrogen-bond donors (Lipinski definition) is 0. The number of nitrogens with zero attached hydrogens (tertiary/aromatic N) is 6. The van der Waals surface area contributed by atoms with Crippen molar-refractivity contribution in [3.63, 3.8) is 0 Å². The molecule has 7 nitrogen and oxygen atoms in total. The molecule has 0 unspecified atom stereocenters. The van der Waals surface area contributed by atoms with Crippen molar-refractivity contribution >= 4 is 16.7 Å². The van der Waals surface area contributed by atoms with Crippen LogP contribution >= 0.6 is 0 Å². The minimum Gasteiger partial charge on any atom is -0.497 e. The number of aryl methyl sites for hydroxylation is 1. The lowest BCUT2D eigenvalue weighted by Gasteiger charge is -2.19. The maximum atomic E-state index is 5.25. The second-order valence-corrected chi connectivity index (χ2v) is 7.26. The van der Waals surface area contributed by atoms with Gasteiger partial charge in [-0.2, -0.15) is 0 Å². The van der Waals surface area contributed by atoms with E-state index in [0.29, 0.717) is 5.82 Å². The summed E-state index contributed by atoms with van der Waals surface area (Å²) in [6, 6.07) is 7.80. The molecule has 0 aliphatic rings. The van der Waals surface area contributed by atoms with Crippen LogP contribution in [0.5, 0.6) is 5.75 Å². The Bertz CT molecular complexity index is 1140. The topological polar surface area (TPSA) is 60.5 Å². The first kappa shape index (κ1) is 19.4. The molecule has 0 saturated carbocycles. The quantitative estimate of drug-likeness (QED) is 0.480. The second kappa shape index (κ2) is 7.83. The minimum atomic E-state index is 0.690. The lowest BCUT2D eigenvalue weighted by molar-refractivity contribution is 0.291. The first-order valence-corrected chi connectivity index (χ1v) is 10.1. The fourth-order valence-electron chi connectivity index (χ4n) is 3.85. The van der Waals surface area contributed by atoms with Crippen molar-refractivity contribution in [3.8, 4) is 17.1 Å². The Hall–Kier alpha value is -2.93. The molecule has 3 aromatic heterocycles. The van der Waals surface area contributed by atoms with Crippen LogP contribution in [-0.2, 0) is 6.54 Å². The van der Waals surface area contributed by atoms with Crippen LogP contribution in [0.25, 0.3) is 28.1 Å². The van der Waals surface area contributed by atoms with Gasteiger partial charge in [-0.3, -0.25) is 0 Å². The van der Waals surface area contributed by atoms with E-state index in [1.165, 1.54) is 11.3 Å². The van der Waals surface area contributed by atoms with Gasteiger partial charge in [0.05, 0.1) is 12.5 Å². The normalized spacial score (nSPS) is 11.8. The fraction of sp³-hybridized carbons (Fsp3) is 0.409. The molecule has 0 aliphatic heterocycles. The summed E-state index contributed by atoms with van der Waals surface area (Å²) in [5, 5.41) is 5.73. The van der Waals surface area contributed by atoms with E-state index in [1.807, 2.05) is 24.3 Å². The molecule has 0 bridgehead atoms. The van der Waals surface area contributed by atoms with E-state index >= 15 is 0 Å². The molecule has 4 aromatic rings. The average Bonchev–Trinajstić information content (AvgIpc) is 3.29. The lowest BCUT2D eigenvalue weighted by Crippen LogP contribution is -2.27. The summed E-state index contributed by atoms with van der Waals surface area (Å²) in [6.07, 6.45) is 1.77. The van der Waals surface area contributed by atoms with Crippen molar-refractivity contribution < 1.29 is 4.74 Å². The molecule has 0 amide bonds. The van der Waals surface area contributed by atoms with E-state index in [0.717, 1.165) is 54.2 Å². The zero-order valence-corrected chi connectivity index (χ0v) is 17.8. The Labute approximate surface area is 170 Å².